The van der Waals surface area contributed by atoms with Crippen LogP contribution in [0.3, 0.4) is 0 Å². The molecule has 1 unspecified atom stereocenters. The first-order valence-corrected chi connectivity index (χ1v) is 5.45. The number of aliphatic hydroxyl groups is 3. The van der Waals surface area contributed by atoms with Crippen LogP contribution in [0.1, 0.15) is 32.1 Å². The number of aliphatic hydroxyl groups excluding tert-OH is 3. The van der Waals surface area contributed by atoms with Crippen molar-refractivity contribution < 1.29 is 25.2 Å². The van der Waals surface area contributed by atoms with Gasteiger partial charge in [-0.15, -0.1) is 0 Å². The van der Waals surface area contributed by atoms with Crippen LogP contribution in [-0.4, -0.2) is 45.7 Å². The lowest BCUT2D eigenvalue weighted by atomic mass is 10.1. The van der Waals surface area contributed by atoms with Crippen LogP contribution in [0.15, 0.2) is 11.6 Å². The zero-order valence-corrected chi connectivity index (χ0v) is 9.30. The van der Waals surface area contributed by atoms with Crippen molar-refractivity contribution in [3.05, 3.63) is 11.6 Å². The smallest absolute Gasteiger partial charge is 0.331 e. The third-order valence-corrected chi connectivity index (χ3v) is 2.21. The Hall–Kier alpha value is -0.910. The van der Waals surface area contributed by atoms with E-state index in [0.717, 1.165) is 12.8 Å². The van der Waals surface area contributed by atoms with Crippen LogP contribution in [0.25, 0.3) is 0 Å². The summed E-state index contributed by atoms with van der Waals surface area (Å²) in [5.41, 5.74) is 0.0390. The van der Waals surface area contributed by atoms with E-state index in [-0.39, 0.29) is 25.2 Å². The predicted molar refractivity (Wildman–Crippen MR) is 59.0 cm³/mol. The Kier molecular flexibility index (Phi) is 8.80. The molecule has 0 fully saturated rings. The lowest BCUT2D eigenvalue weighted by Gasteiger charge is -2.07. The van der Waals surface area contributed by atoms with Crippen molar-refractivity contribution in [2.75, 3.05) is 13.2 Å². The molecule has 0 aromatic rings. The molecular weight excluding hydrogens is 212 g/mol. The monoisotopic (exact) mass is 232 g/mol. The van der Waals surface area contributed by atoms with Gasteiger partial charge in [-0.25, -0.2) is 4.79 Å². The van der Waals surface area contributed by atoms with Gasteiger partial charge in [-0.05, 0) is 18.9 Å². The molecule has 1 atom stereocenters. The fourth-order valence-electron chi connectivity index (χ4n) is 1.34. The van der Waals surface area contributed by atoms with Crippen LogP contribution in [-0.2, 0) is 4.79 Å². The van der Waals surface area contributed by atoms with Gasteiger partial charge in [0.2, 0.25) is 0 Å². The van der Waals surface area contributed by atoms with E-state index in [9.17, 15) is 9.90 Å². The summed E-state index contributed by atoms with van der Waals surface area (Å²) < 4.78 is 0. The fourth-order valence-corrected chi connectivity index (χ4v) is 1.34. The molecule has 0 rings (SSSR count). The van der Waals surface area contributed by atoms with Gasteiger partial charge in [-0.1, -0.05) is 12.8 Å². The normalized spacial score (nSPS) is 13.8. The number of hydrogen-bond acceptors (Lipinski definition) is 4. The Morgan fingerprint density at radius 3 is 2.31 bits per heavy atom. The molecule has 16 heavy (non-hydrogen) atoms. The average molecular weight is 232 g/mol. The highest BCUT2D eigenvalue weighted by Gasteiger charge is 2.09. The highest BCUT2D eigenvalue weighted by molar-refractivity contribution is 5.86. The number of aliphatic carboxylic acids is 1. The molecule has 0 saturated carbocycles. The van der Waals surface area contributed by atoms with Gasteiger partial charge in [0.1, 0.15) is 0 Å². The van der Waals surface area contributed by atoms with Crippen LogP contribution < -0.4 is 0 Å². The van der Waals surface area contributed by atoms with Crippen LogP contribution in [0, 0.1) is 0 Å². The van der Waals surface area contributed by atoms with E-state index in [0.29, 0.717) is 12.8 Å². The highest BCUT2D eigenvalue weighted by Crippen LogP contribution is 2.09. The quantitative estimate of drug-likeness (QED) is 0.338. The van der Waals surface area contributed by atoms with Gasteiger partial charge in [0.05, 0.1) is 6.10 Å². The lowest BCUT2D eigenvalue weighted by molar-refractivity contribution is -0.133. The van der Waals surface area contributed by atoms with Gasteiger partial charge < -0.3 is 20.4 Å². The second-order valence-corrected chi connectivity index (χ2v) is 3.61. The van der Waals surface area contributed by atoms with E-state index in [1.807, 2.05) is 0 Å². The Morgan fingerprint density at radius 2 is 1.81 bits per heavy atom. The van der Waals surface area contributed by atoms with Gasteiger partial charge in [-0.2, -0.15) is 0 Å². The molecule has 0 radical (unpaired) electrons. The maximum absolute atomic E-state index is 10.7. The van der Waals surface area contributed by atoms with Crippen molar-refractivity contribution in [2.45, 2.75) is 38.2 Å². The van der Waals surface area contributed by atoms with Crippen LogP contribution in [0.5, 0.6) is 0 Å². The largest absolute Gasteiger partial charge is 0.478 e. The van der Waals surface area contributed by atoms with Crippen LogP contribution in [0.4, 0.5) is 0 Å². The van der Waals surface area contributed by atoms with E-state index in [2.05, 4.69) is 0 Å². The summed E-state index contributed by atoms with van der Waals surface area (Å²) in [5, 5.41) is 35.4. The molecule has 0 aliphatic rings. The van der Waals surface area contributed by atoms with E-state index in [1.165, 1.54) is 6.08 Å². The van der Waals surface area contributed by atoms with Crippen molar-refractivity contribution in [3.8, 4) is 0 Å². The first kappa shape index (κ1) is 15.1. The minimum absolute atomic E-state index is 0.0390. The number of unbranched alkanes of at least 4 members (excludes halogenated alkanes) is 2. The summed E-state index contributed by atoms with van der Waals surface area (Å²) in [5.74, 6) is -1.11. The zero-order valence-electron chi connectivity index (χ0n) is 9.30. The molecular formula is C11H20O5. The predicted octanol–water partition coefficient (Wildman–Crippen LogP) is 0.293. The lowest BCUT2D eigenvalue weighted by Crippen LogP contribution is -2.09. The second-order valence-electron chi connectivity index (χ2n) is 3.61. The van der Waals surface area contributed by atoms with E-state index in [4.69, 9.17) is 15.3 Å². The molecule has 0 heterocycles. The molecule has 0 aromatic heterocycles. The maximum Gasteiger partial charge on any atom is 0.331 e. The summed E-state index contributed by atoms with van der Waals surface area (Å²) in [4.78, 5) is 10.7. The highest BCUT2D eigenvalue weighted by atomic mass is 16.4. The minimum atomic E-state index is -1.11. The number of carbonyl (C=O) groups is 1. The first-order valence-electron chi connectivity index (χ1n) is 5.45. The first-order chi connectivity index (χ1) is 7.61. The third kappa shape index (κ3) is 7.39. The summed E-state index contributed by atoms with van der Waals surface area (Å²) >= 11 is 0. The summed E-state index contributed by atoms with van der Waals surface area (Å²) in [6, 6.07) is 0. The number of carboxylic acids is 1. The Bertz CT molecular complexity index is 224. The van der Waals surface area contributed by atoms with E-state index in [1.54, 1.807) is 0 Å². The van der Waals surface area contributed by atoms with E-state index >= 15 is 0 Å². The number of hydrogen-bond donors (Lipinski definition) is 4. The third-order valence-electron chi connectivity index (χ3n) is 2.21. The van der Waals surface area contributed by atoms with Gasteiger partial charge in [0.25, 0.3) is 0 Å². The van der Waals surface area contributed by atoms with Crippen LogP contribution in [0.2, 0.25) is 0 Å². The molecule has 0 spiro atoms. The standard InChI is InChI=1S/C11H20O5/c12-6-3-1-2-4-10(14)8-9(5-7-13)11(15)16/h8,10,12-14H,1-7H2,(H,15,16). The number of rotatable bonds is 9. The molecule has 0 saturated heterocycles. The Balaban J connectivity index is 3.99. The molecule has 5 nitrogen and oxygen atoms in total. The Labute approximate surface area is 95.0 Å². The minimum Gasteiger partial charge on any atom is -0.478 e. The van der Waals surface area contributed by atoms with Gasteiger partial charge >= 0.3 is 5.97 Å². The van der Waals surface area contributed by atoms with Gasteiger partial charge in [0.15, 0.2) is 0 Å². The molecule has 0 aromatic carbocycles. The van der Waals surface area contributed by atoms with E-state index < -0.39 is 12.1 Å². The Morgan fingerprint density at radius 1 is 1.12 bits per heavy atom. The summed E-state index contributed by atoms with van der Waals surface area (Å²) in [6.07, 6.45) is 3.24. The molecule has 0 bridgehead atoms. The molecule has 0 aliphatic heterocycles. The molecule has 0 amide bonds. The van der Waals surface area contributed by atoms with Crippen molar-refractivity contribution in [2.24, 2.45) is 0 Å². The topological polar surface area (TPSA) is 98.0 Å². The van der Waals surface area contributed by atoms with Gasteiger partial charge in [0, 0.05) is 25.2 Å². The van der Waals surface area contributed by atoms with Crippen molar-refractivity contribution in [1.29, 1.82) is 0 Å². The SMILES string of the molecule is O=C(O)C(=CC(O)CCCCCO)CCO. The maximum atomic E-state index is 10.7. The van der Waals surface area contributed by atoms with Crippen molar-refractivity contribution >= 4 is 5.97 Å². The summed E-state index contributed by atoms with van der Waals surface area (Å²) in [6.45, 7) is -0.105. The molecule has 5 heteroatoms. The number of carboxylic acid groups (broad SMARTS) is 1. The molecule has 94 valence electrons. The molecule has 0 aliphatic carbocycles. The molecule has 4 N–H and O–H groups in total. The zero-order chi connectivity index (χ0) is 12.4. The van der Waals surface area contributed by atoms with Gasteiger partial charge in [-0.3, -0.25) is 0 Å². The van der Waals surface area contributed by atoms with Crippen molar-refractivity contribution in [3.63, 3.8) is 0 Å². The fraction of sp³-hybridized carbons (Fsp3) is 0.727. The second kappa shape index (κ2) is 9.33. The van der Waals surface area contributed by atoms with Crippen LogP contribution >= 0.6 is 0 Å². The van der Waals surface area contributed by atoms with Crippen molar-refractivity contribution in [1.82, 2.24) is 0 Å². The average Bonchev–Trinajstić information content (AvgIpc) is 2.23. The summed E-state index contributed by atoms with van der Waals surface area (Å²) in [7, 11) is 0.